The molecule has 0 aliphatic rings. The van der Waals surface area contributed by atoms with Gasteiger partial charge in [0.05, 0.1) is 0 Å². The fourth-order valence-corrected chi connectivity index (χ4v) is 0. The summed E-state index contributed by atoms with van der Waals surface area (Å²) in [5.74, 6) is 0. The normalized spacial score (nSPS) is 0. The van der Waals surface area contributed by atoms with Gasteiger partial charge in [-0.2, -0.15) is 0 Å². The zero-order chi connectivity index (χ0) is 0. The Hall–Kier alpha value is 146. The molecule has 396 valence electrons. The molecule has 0 fully saturated rings. The molecule has 132 radical (unpaired) electrons. The largest absolute Gasteiger partial charge is 0 e. The minimum absolute atomic E-state index is 0. The van der Waals surface area contributed by atoms with E-state index in [0.717, 1.165) is 0 Å². The van der Waals surface area contributed by atoms with E-state index in [9.17, 15) is 0 Å². The topological polar surface area (TPSA) is 0 Å². The van der Waals surface area contributed by atoms with Crippen LogP contribution in [0.5, 0.6) is 0 Å². The average molecular weight is 11700 g/mol. The van der Waals surface area contributed by atoms with Crippen molar-refractivity contribution in [3.63, 3.8) is 0 Å². The maximum absolute atomic E-state index is 0. The fraction of sp³-hybridized carbons (Fsp3) is 0. The minimum atomic E-state index is 0. The maximum atomic E-state index is 0. The van der Waals surface area contributed by atoms with E-state index in [1.807, 2.05) is 0 Å². The molecule has 0 amide bonds. The van der Waals surface area contributed by atoms with Gasteiger partial charge in [-0.15, -0.1) is 0 Å². The molecule has 0 aromatic rings. The van der Waals surface area contributed by atoms with E-state index in [1.165, 1.54) is 0 Å². The van der Waals surface area contributed by atoms with Gasteiger partial charge in [0.15, 0.2) is 0 Å². The molecule has 0 aromatic carbocycles. The summed E-state index contributed by atoms with van der Waals surface area (Å²) in [4.78, 5) is 0. The first kappa shape index (κ1) is 1000. The van der Waals surface area contributed by atoms with Crippen LogP contribution in [0.3, 0.4) is 0 Å². The second kappa shape index (κ2) is 991. The monoisotopic (exact) mass is 11700 g/mol. The Labute approximate surface area is 4140 Å². The van der Waals surface area contributed by atoms with Crippen LogP contribution in [-0.2, 0) is 4320 Å². The molecule has 0 N–H and O–H groups in total. The van der Waals surface area contributed by atoms with E-state index in [-0.39, 0.29) is 4320 Å². The fourth-order valence-electron chi connectivity index (χ4n) is 0. The summed E-state index contributed by atoms with van der Waals surface area (Å²) in [7, 11) is 0. The standard InChI is InChI=1S/132Y. The van der Waals surface area contributed by atoms with Crippen molar-refractivity contribution in [2.75, 3.05) is 0 Å². The predicted octanol–water partition coefficient (Wildman–Crippen LogP) is -0.330. The van der Waals surface area contributed by atoms with Crippen LogP contribution in [0.15, 0.2) is 0 Å². The molecule has 0 aliphatic carbocycles. The van der Waals surface area contributed by atoms with Crippen LogP contribution in [0.2, 0.25) is 0 Å². The Bertz CT molecular complexity index is 0. The molecular weight excluding hydrogens is 11700 g/mol. The van der Waals surface area contributed by atoms with Crippen molar-refractivity contribution >= 4 is 0 Å². The number of rotatable bonds is 0. The van der Waals surface area contributed by atoms with Gasteiger partial charge in [-0.05, 0) is 0 Å². The van der Waals surface area contributed by atoms with Gasteiger partial charge in [-0.25, -0.2) is 0 Å². The summed E-state index contributed by atoms with van der Waals surface area (Å²) in [5.41, 5.74) is 0. The van der Waals surface area contributed by atoms with Gasteiger partial charge in [0, 0.05) is 4320 Å². The van der Waals surface area contributed by atoms with E-state index >= 15 is 0 Å². The Kier molecular flexibility index (Phi) is 7520. The van der Waals surface area contributed by atoms with Gasteiger partial charge < -0.3 is 0 Å². The zero-order valence-corrected chi connectivity index (χ0v) is 451. The molecule has 0 saturated heterocycles. The Morgan fingerprint density at radius 1 is 0.00758 bits per heavy atom. The van der Waals surface area contributed by atoms with Crippen molar-refractivity contribution in [1.82, 2.24) is 0 Å². The van der Waals surface area contributed by atoms with Crippen molar-refractivity contribution in [3.8, 4) is 0 Å². The Morgan fingerprint density at radius 3 is 0.00758 bits per heavy atom. The van der Waals surface area contributed by atoms with Crippen LogP contribution < -0.4 is 0 Å². The molecule has 0 aromatic heterocycles. The summed E-state index contributed by atoms with van der Waals surface area (Å²) >= 11 is 0. The van der Waals surface area contributed by atoms with E-state index in [4.69, 9.17) is 0 Å². The summed E-state index contributed by atoms with van der Waals surface area (Å²) in [6.07, 6.45) is 0. The molecule has 0 bridgehead atoms. The maximum Gasteiger partial charge on any atom is 0 e. The van der Waals surface area contributed by atoms with E-state index in [0.29, 0.717) is 0 Å². The molecule has 0 nitrogen and oxygen atoms in total. The van der Waals surface area contributed by atoms with Gasteiger partial charge in [0.2, 0.25) is 0 Å². The summed E-state index contributed by atoms with van der Waals surface area (Å²) in [6.45, 7) is 0. The van der Waals surface area contributed by atoms with Crippen molar-refractivity contribution in [2.45, 2.75) is 0 Å². The molecule has 0 atom stereocenters. The van der Waals surface area contributed by atoms with Crippen LogP contribution in [0.25, 0.3) is 0 Å². The van der Waals surface area contributed by atoms with Gasteiger partial charge >= 0.3 is 0 Å². The van der Waals surface area contributed by atoms with Crippen LogP contribution in [0, 0.1) is 0 Å². The molecule has 0 spiro atoms. The van der Waals surface area contributed by atoms with Crippen LogP contribution in [0.4, 0.5) is 0 Å². The molecule has 0 unspecified atom stereocenters. The van der Waals surface area contributed by atoms with Crippen LogP contribution >= 0.6 is 0 Å². The quantitative estimate of drug-likeness (QED) is 0.313. The third-order valence-corrected chi connectivity index (χ3v) is 0. The predicted molar refractivity (Wildman–Crippen MR) is 0 cm³/mol. The second-order valence-electron chi connectivity index (χ2n) is 0. The molecule has 0 saturated carbocycles. The molecule has 132 heteroatoms. The average Bonchev–Trinajstić information content (AvgIpc) is 0. The molecular formula is Y132. The summed E-state index contributed by atoms with van der Waals surface area (Å²) in [5, 5.41) is 0. The smallest absolute Gasteiger partial charge is 0 e. The van der Waals surface area contributed by atoms with Gasteiger partial charge in [0.1, 0.15) is 0 Å². The number of hydrogen-bond acceptors (Lipinski definition) is 0. The van der Waals surface area contributed by atoms with E-state index in [2.05, 4.69) is 0 Å². The van der Waals surface area contributed by atoms with Gasteiger partial charge in [-0.1, -0.05) is 0 Å². The second-order valence-corrected chi connectivity index (χ2v) is 0. The summed E-state index contributed by atoms with van der Waals surface area (Å²) < 4.78 is 0. The zero-order valence-electron chi connectivity index (χ0n) is 76.2. The minimum Gasteiger partial charge on any atom is 0 e. The molecule has 0 aliphatic heterocycles. The van der Waals surface area contributed by atoms with Crippen LogP contribution in [-0.4, -0.2) is 0 Å². The van der Waals surface area contributed by atoms with Gasteiger partial charge in [0.25, 0.3) is 0 Å². The SMILES string of the molecule is [Y].[Y].[Y].[Y].[Y].[Y].[Y].[Y].[Y].[Y].[Y].[Y].[Y].[Y].[Y].[Y].[Y].[Y].[Y].[Y].[Y].[Y].[Y].[Y].[Y].[Y].[Y].[Y].[Y].[Y].[Y].[Y].[Y].[Y].[Y].[Y].[Y].[Y].[Y].[Y].[Y].[Y].[Y].[Y].[Y].[Y].[Y].[Y].[Y].[Y].[Y].[Y].[Y].[Y].[Y].[Y].[Y].[Y].[Y].[Y].[Y].[Y].[Y].[Y].[Y].[Y].[Y].[Y].[Y].[Y].[Y].[Y].[Y].[Y].[Y].[Y].[Y].[Y].[Y].[Y].[Y].[Y].[Y].[Y].[Y].[Y].[Y].[Y].[Y].[Y].[Y].[Y].[Y].[Y].[Y].[Y].[Y].[Y].[Y].[Y].[Y].[Y].[Y].[Y].[Y].[Y].[Y].[Y].[Y].[Y].[Y].[Y].[Y].[Y].[Y].[Y].[Y].[Y].[Y].[Y].[Y].[Y].[Y].[Y].[Y].[Y].[Y].[Y].[Y].[Y].[Y].[Y]. The number of hydrogen-bond donors (Lipinski definition) is 0. The first-order chi connectivity index (χ1) is 0. The molecule has 0 heterocycles. The first-order valence-electron chi connectivity index (χ1n) is 0. The Balaban J connectivity index is 0. The van der Waals surface area contributed by atoms with Crippen molar-refractivity contribution in [2.24, 2.45) is 0 Å². The third kappa shape index (κ3) is 980. The van der Waals surface area contributed by atoms with Gasteiger partial charge in [-0.3, -0.25) is 0 Å². The van der Waals surface area contributed by atoms with E-state index < -0.39 is 0 Å². The Morgan fingerprint density at radius 2 is 0.00758 bits per heavy atom. The van der Waals surface area contributed by atoms with E-state index in [1.54, 1.807) is 0 Å². The van der Waals surface area contributed by atoms with Crippen molar-refractivity contribution < 1.29 is 4320 Å². The molecule has 132 heavy (non-hydrogen) atoms. The van der Waals surface area contributed by atoms with Crippen LogP contribution in [0.1, 0.15) is 0 Å². The van der Waals surface area contributed by atoms with Crippen molar-refractivity contribution in [1.29, 1.82) is 0 Å². The first-order valence-corrected chi connectivity index (χ1v) is 0. The van der Waals surface area contributed by atoms with Crippen molar-refractivity contribution in [3.05, 3.63) is 0 Å². The third-order valence-electron chi connectivity index (χ3n) is 0. The summed E-state index contributed by atoms with van der Waals surface area (Å²) in [6, 6.07) is 0. The molecule has 0 rings (SSSR count).